The van der Waals surface area contributed by atoms with E-state index in [9.17, 15) is 4.39 Å². The summed E-state index contributed by atoms with van der Waals surface area (Å²) in [5.74, 6) is 0.0796. The van der Waals surface area contributed by atoms with Crippen molar-refractivity contribution in [3.05, 3.63) is 12.3 Å². The Morgan fingerprint density at radius 2 is 2.40 bits per heavy atom. The fraction of sp³-hybridized carbons (Fsp3) is 0.714. The molecule has 0 bridgehead atoms. The highest BCUT2D eigenvalue weighted by molar-refractivity contribution is 4.93. The molecule has 0 saturated heterocycles. The van der Waals surface area contributed by atoms with Gasteiger partial charge < -0.3 is 10.4 Å². The molecule has 60 valence electrons. The summed E-state index contributed by atoms with van der Waals surface area (Å²) in [7, 11) is 1.71. The van der Waals surface area contributed by atoms with Gasteiger partial charge in [0, 0.05) is 0 Å². The van der Waals surface area contributed by atoms with Crippen molar-refractivity contribution >= 4 is 0 Å². The summed E-state index contributed by atoms with van der Waals surface area (Å²) in [6, 6.07) is -0.157. The quantitative estimate of drug-likeness (QED) is 0.576. The van der Waals surface area contributed by atoms with Crippen LogP contribution in [-0.2, 0) is 0 Å². The van der Waals surface area contributed by atoms with E-state index in [0.717, 1.165) is 0 Å². The SMILES string of the molecule is C=C(O)C(CCCF)NC. The minimum Gasteiger partial charge on any atom is -0.511 e. The van der Waals surface area contributed by atoms with Crippen LogP contribution in [0.3, 0.4) is 0 Å². The van der Waals surface area contributed by atoms with Crippen molar-refractivity contribution in [2.45, 2.75) is 18.9 Å². The van der Waals surface area contributed by atoms with E-state index in [1.54, 1.807) is 7.05 Å². The van der Waals surface area contributed by atoms with E-state index < -0.39 is 0 Å². The zero-order valence-corrected chi connectivity index (χ0v) is 6.23. The van der Waals surface area contributed by atoms with Gasteiger partial charge in [0.15, 0.2) is 0 Å². The number of aliphatic hydroxyl groups excluding tert-OH is 1. The molecule has 0 aliphatic rings. The Bertz CT molecular complexity index is 106. The Morgan fingerprint density at radius 1 is 1.80 bits per heavy atom. The van der Waals surface area contributed by atoms with Gasteiger partial charge in [0.1, 0.15) is 5.76 Å². The molecule has 0 amide bonds. The Labute approximate surface area is 60.7 Å². The van der Waals surface area contributed by atoms with Crippen molar-refractivity contribution in [3.8, 4) is 0 Å². The van der Waals surface area contributed by atoms with E-state index in [1.165, 1.54) is 0 Å². The first-order valence-electron chi connectivity index (χ1n) is 3.33. The standard InChI is InChI=1S/C7H14FNO/c1-6(10)7(9-2)4-3-5-8/h7,9-10H,1,3-5H2,2H3. The molecule has 2 N–H and O–H groups in total. The molecule has 1 atom stereocenters. The predicted octanol–water partition coefficient (Wildman–Crippen LogP) is 1.40. The number of halogens is 1. The Balaban J connectivity index is 3.50. The molecule has 2 nitrogen and oxygen atoms in total. The molecule has 0 aromatic heterocycles. The molecule has 0 spiro atoms. The molecule has 0 aliphatic carbocycles. The summed E-state index contributed by atoms with van der Waals surface area (Å²) in [6.07, 6.45) is 1.06. The molecule has 1 unspecified atom stereocenters. The smallest absolute Gasteiger partial charge is 0.102 e. The largest absolute Gasteiger partial charge is 0.511 e. The molecule has 0 heterocycles. The summed E-state index contributed by atoms with van der Waals surface area (Å²) in [5, 5.41) is 11.7. The zero-order valence-electron chi connectivity index (χ0n) is 6.23. The molecule has 0 fully saturated rings. The average Bonchev–Trinajstić information content (AvgIpc) is 1.89. The molecular weight excluding hydrogens is 133 g/mol. The highest BCUT2D eigenvalue weighted by Gasteiger charge is 2.07. The summed E-state index contributed by atoms with van der Waals surface area (Å²) >= 11 is 0. The normalized spacial score (nSPS) is 13.0. The molecule has 10 heavy (non-hydrogen) atoms. The molecule has 0 saturated carbocycles. The lowest BCUT2D eigenvalue weighted by Gasteiger charge is -2.12. The fourth-order valence-corrected chi connectivity index (χ4v) is 0.759. The van der Waals surface area contributed by atoms with E-state index in [-0.39, 0.29) is 18.5 Å². The molecule has 0 aromatic rings. The van der Waals surface area contributed by atoms with Crippen molar-refractivity contribution < 1.29 is 9.50 Å². The number of hydrogen-bond donors (Lipinski definition) is 2. The lowest BCUT2D eigenvalue weighted by molar-refractivity contribution is 0.329. The molecule has 0 rings (SSSR count). The lowest BCUT2D eigenvalue weighted by Crippen LogP contribution is -2.26. The van der Waals surface area contributed by atoms with Crippen molar-refractivity contribution in [1.82, 2.24) is 5.32 Å². The number of nitrogens with one attached hydrogen (secondary N) is 1. The lowest BCUT2D eigenvalue weighted by atomic mass is 10.1. The highest BCUT2D eigenvalue weighted by atomic mass is 19.1. The van der Waals surface area contributed by atoms with Gasteiger partial charge in [0.2, 0.25) is 0 Å². The number of likely N-dealkylation sites (N-methyl/N-ethyl adjacent to an activating group) is 1. The molecule has 0 radical (unpaired) electrons. The van der Waals surface area contributed by atoms with Crippen LogP contribution in [0.5, 0.6) is 0 Å². The zero-order chi connectivity index (χ0) is 7.98. The fourth-order valence-electron chi connectivity index (χ4n) is 0.759. The second-order valence-corrected chi connectivity index (χ2v) is 2.16. The van der Waals surface area contributed by atoms with Crippen LogP contribution in [0.25, 0.3) is 0 Å². The second kappa shape index (κ2) is 5.23. The van der Waals surface area contributed by atoms with Crippen LogP contribution in [0.4, 0.5) is 4.39 Å². The van der Waals surface area contributed by atoms with Gasteiger partial charge >= 0.3 is 0 Å². The Kier molecular flexibility index (Phi) is 4.94. The Hall–Kier alpha value is -0.570. The third-order valence-corrected chi connectivity index (χ3v) is 1.38. The van der Waals surface area contributed by atoms with Gasteiger partial charge in [0.25, 0.3) is 0 Å². The number of alkyl halides is 1. The van der Waals surface area contributed by atoms with Crippen LogP contribution in [0.1, 0.15) is 12.8 Å². The van der Waals surface area contributed by atoms with Gasteiger partial charge in [0.05, 0.1) is 12.7 Å². The van der Waals surface area contributed by atoms with Crippen molar-refractivity contribution in [1.29, 1.82) is 0 Å². The van der Waals surface area contributed by atoms with Gasteiger partial charge in [-0.05, 0) is 19.9 Å². The molecule has 0 aliphatic heterocycles. The van der Waals surface area contributed by atoms with E-state index in [4.69, 9.17) is 5.11 Å². The first-order chi connectivity index (χ1) is 4.72. The van der Waals surface area contributed by atoms with Gasteiger partial charge in [-0.1, -0.05) is 6.58 Å². The van der Waals surface area contributed by atoms with Crippen LogP contribution in [0, 0.1) is 0 Å². The average molecular weight is 147 g/mol. The summed E-state index contributed by atoms with van der Waals surface area (Å²) in [5.41, 5.74) is 0. The van der Waals surface area contributed by atoms with Gasteiger partial charge in [-0.3, -0.25) is 4.39 Å². The van der Waals surface area contributed by atoms with Crippen LogP contribution < -0.4 is 5.32 Å². The molecular formula is C7H14FNO. The maximum absolute atomic E-state index is 11.6. The highest BCUT2D eigenvalue weighted by Crippen LogP contribution is 2.03. The third-order valence-electron chi connectivity index (χ3n) is 1.38. The van der Waals surface area contributed by atoms with Crippen LogP contribution in [-0.4, -0.2) is 24.9 Å². The maximum atomic E-state index is 11.6. The molecule has 3 heteroatoms. The maximum Gasteiger partial charge on any atom is 0.102 e. The first kappa shape index (κ1) is 9.43. The van der Waals surface area contributed by atoms with Crippen molar-refractivity contribution in [2.24, 2.45) is 0 Å². The molecule has 0 aromatic carbocycles. The van der Waals surface area contributed by atoms with Crippen LogP contribution in [0.15, 0.2) is 12.3 Å². The van der Waals surface area contributed by atoms with E-state index in [0.29, 0.717) is 12.8 Å². The minimum absolute atomic E-state index is 0.0796. The summed E-state index contributed by atoms with van der Waals surface area (Å²) in [6.45, 7) is 3.01. The number of rotatable bonds is 5. The van der Waals surface area contributed by atoms with Crippen molar-refractivity contribution in [3.63, 3.8) is 0 Å². The number of aliphatic hydroxyl groups is 1. The van der Waals surface area contributed by atoms with Crippen LogP contribution >= 0.6 is 0 Å². The van der Waals surface area contributed by atoms with Gasteiger partial charge in [-0.15, -0.1) is 0 Å². The van der Waals surface area contributed by atoms with E-state index in [1.807, 2.05) is 0 Å². The predicted molar refractivity (Wildman–Crippen MR) is 39.8 cm³/mol. The van der Waals surface area contributed by atoms with Gasteiger partial charge in [-0.25, -0.2) is 0 Å². The van der Waals surface area contributed by atoms with Crippen LogP contribution in [0.2, 0.25) is 0 Å². The third kappa shape index (κ3) is 3.45. The number of hydrogen-bond acceptors (Lipinski definition) is 2. The van der Waals surface area contributed by atoms with E-state index >= 15 is 0 Å². The summed E-state index contributed by atoms with van der Waals surface area (Å²) in [4.78, 5) is 0. The first-order valence-corrected chi connectivity index (χ1v) is 3.33. The summed E-state index contributed by atoms with van der Waals surface area (Å²) < 4.78 is 11.6. The monoisotopic (exact) mass is 147 g/mol. The second-order valence-electron chi connectivity index (χ2n) is 2.16. The van der Waals surface area contributed by atoms with E-state index in [2.05, 4.69) is 11.9 Å². The van der Waals surface area contributed by atoms with Gasteiger partial charge in [-0.2, -0.15) is 0 Å². The Morgan fingerprint density at radius 3 is 2.70 bits per heavy atom. The topological polar surface area (TPSA) is 32.3 Å². The van der Waals surface area contributed by atoms with Crippen molar-refractivity contribution in [2.75, 3.05) is 13.7 Å². The minimum atomic E-state index is -0.342.